The molecule has 2 unspecified atom stereocenters. The lowest BCUT2D eigenvalue weighted by atomic mass is 10.6. The molecule has 0 aliphatic rings. The van der Waals surface area contributed by atoms with Crippen molar-refractivity contribution in [3.8, 4) is 0 Å². The summed E-state index contributed by atoms with van der Waals surface area (Å²) in [5.41, 5.74) is 0. The zero-order valence-corrected chi connectivity index (χ0v) is 20.7. The molecule has 25 heavy (non-hydrogen) atoms. The molecule has 0 aromatic carbocycles. The largest absolute Gasteiger partial charge is 0.369 e. The van der Waals surface area contributed by atoms with Crippen LogP contribution in [0, 0.1) is 0 Å². The fourth-order valence-electron chi connectivity index (χ4n) is 1.14. The summed E-state index contributed by atoms with van der Waals surface area (Å²) in [7, 11) is 12.3. The van der Waals surface area contributed by atoms with Gasteiger partial charge in [0.15, 0.2) is 0 Å². The van der Waals surface area contributed by atoms with Gasteiger partial charge in [-0.15, -0.1) is 0 Å². The van der Waals surface area contributed by atoms with Crippen molar-refractivity contribution in [2.45, 2.75) is 62.2 Å². The van der Waals surface area contributed by atoms with Crippen LogP contribution in [0.15, 0.2) is 0 Å². The number of methoxy groups -OCH3 is 4. The van der Waals surface area contributed by atoms with Crippen molar-refractivity contribution in [2.24, 2.45) is 0 Å². The van der Waals surface area contributed by atoms with Crippen molar-refractivity contribution in [1.29, 1.82) is 0 Å². The van der Waals surface area contributed by atoms with E-state index in [4.69, 9.17) is 27.8 Å². The number of rotatable bonds is 16. The van der Waals surface area contributed by atoms with E-state index >= 15 is 0 Å². The van der Waals surface area contributed by atoms with Gasteiger partial charge >= 0.3 is 0 Å². The Kier molecular flexibility index (Phi) is 15.0. The SMILES string of the molecule is CCC([Si]OC(C)(OC)OC)SSSC(CC)[Si]OC(C)(OC)OC. The second-order valence-electron chi connectivity index (χ2n) is 5.04. The van der Waals surface area contributed by atoms with Crippen molar-refractivity contribution in [2.75, 3.05) is 28.4 Å². The van der Waals surface area contributed by atoms with Gasteiger partial charge in [0.1, 0.15) is 0 Å². The molecule has 0 aromatic heterocycles. The van der Waals surface area contributed by atoms with E-state index < -0.39 is 11.9 Å². The first-order chi connectivity index (χ1) is 11.8. The molecule has 0 saturated heterocycles. The van der Waals surface area contributed by atoms with Gasteiger partial charge in [0.25, 0.3) is 31.5 Å². The van der Waals surface area contributed by atoms with Crippen LogP contribution in [0.1, 0.15) is 40.5 Å². The van der Waals surface area contributed by atoms with Crippen molar-refractivity contribution >= 4 is 50.9 Å². The van der Waals surface area contributed by atoms with E-state index in [1.807, 2.05) is 21.6 Å². The quantitative estimate of drug-likeness (QED) is 0.201. The standard InChI is InChI=1S/C14H30O6S3Si2/c1-9-11(24-19-13(3,15-5)16-6)21-23-22-12(10-2)25-20-14(4,17-7)18-8/h11-12H,9-10H2,1-8H3. The van der Waals surface area contributed by atoms with Crippen LogP contribution in [0.5, 0.6) is 0 Å². The van der Waals surface area contributed by atoms with E-state index in [-0.39, 0.29) is 0 Å². The van der Waals surface area contributed by atoms with Gasteiger partial charge in [-0.3, -0.25) is 0 Å². The molecule has 0 saturated carbocycles. The van der Waals surface area contributed by atoms with Crippen LogP contribution in [0.25, 0.3) is 0 Å². The third-order valence-electron chi connectivity index (χ3n) is 3.29. The monoisotopic (exact) mass is 446 g/mol. The van der Waals surface area contributed by atoms with Gasteiger partial charge in [-0.2, -0.15) is 0 Å². The summed E-state index contributed by atoms with van der Waals surface area (Å²) in [5, 5.41) is 0. The molecule has 2 atom stereocenters. The Bertz CT molecular complexity index is 306. The van der Waals surface area contributed by atoms with Crippen LogP contribution in [0.2, 0.25) is 0 Å². The second-order valence-corrected chi connectivity index (χ2v) is 12.6. The molecule has 0 fully saturated rings. The zero-order valence-electron chi connectivity index (χ0n) is 16.2. The summed E-state index contributed by atoms with van der Waals surface area (Å²) >= 11 is 0. The molecule has 0 bridgehead atoms. The predicted octanol–water partition coefficient (Wildman–Crippen LogP) is 3.69. The van der Waals surface area contributed by atoms with Crippen molar-refractivity contribution < 1.29 is 27.8 Å². The van der Waals surface area contributed by atoms with Crippen molar-refractivity contribution in [3.63, 3.8) is 0 Å². The van der Waals surface area contributed by atoms with Gasteiger partial charge < -0.3 is 27.8 Å². The fourth-order valence-corrected chi connectivity index (χ4v) is 10.1. The molecular weight excluding hydrogens is 417 g/mol. The normalized spacial score (nSPS) is 15.4. The first-order valence-corrected chi connectivity index (χ1v) is 13.5. The topological polar surface area (TPSA) is 55.4 Å². The van der Waals surface area contributed by atoms with Crippen molar-refractivity contribution in [3.05, 3.63) is 0 Å². The van der Waals surface area contributed by atoms with E-state index in [9.17, 15) is 0 Å². The lowest BCUT2D eigenvalue weighted by Crippen LogP contribution is -2.37. The maximum Gasteiger partial charge on any atom is 0.269 e. The molecule has 0 aromatic rings. The van der Waals surface area contributed by atoms with Crippen LogP contribution in [-0.4, -0.2) is 69.7 Å². The second kappa shape index (κ2) is 14.3. The smallest absolute Gasteiger partial charge is 0.269 e. The van der Waals surface area contributed by atoms with Gasteiger partial charge in [-0.05, 0) is 22.7 Å². The molecule has 148 valence electrons. The molecule has 0 N–H and O–H groups in total. The Morgan fingerprint density at radius 3 is 1.28 bits per heavy atom. The predicted molar refractivity (Wildman–Crippen MR) is 109 cm³/mol. The van der Waals surface area contributed by atoms with E-state index in [1.165, 1.54) is 0 Å². The third kappa shape index (κ3) is 11.0. The average Bonchev–Trinajstić information content (AvgIpc) is 2.66. The van der Waals surface area contributed by atoms with E-state index in [2.05, 4.69) is 13.8 Å². The molecular formula is C14H30O6S3Si2. The van der Waals surface area contributed by atoms with Crippen LogP contribution in [-0.2, 0) is 27.8 Å². The Hall–Kier alpha value is 1.24. The Labute approximate surface area is 169 Å². The van der Waals surface area contributed by atoms with Gasteiger partial charge in [0, 0.05) is 52.0 Å². The maximum atomic E-state index is 5.77. The molecule has 11 heteroatoms. The lowest BCUT2D eigenvalue weighted by molar-refractivity contribution is -0.311. The van der Waals surface area contributed by atoms with E-state index in [0.717, 1.165) is 12.8 Å². The minimum Gasteiger partial charge on any atom is -0.369 e. The number of hydrogen-bond donors (Lipinski definition) is 0. The summed E-state index contributed by atoms with van der Waals surface area (Å²) < 4.78 is 32.5. The molecule has 0 aliphatic carbocycles. The zero-order chi connectivity index (χ0) is 19.3. The van der Waals surface area contributed by atoms with Crippen LogP contribution < -0.4 is 0 Å². The highest BCUT2D eigenvalue weighted by molar-refractivity contribution is 9.09. The Morgan fingerprint density at radius 1 is 0.720 bits per heavy atom. The van der Waals surface area contributed by atoms with Crippen LogP contribution >= 0.6 is 31.4 Å². The first kappa shape index (κ1) is 26.2. The molecule has 0 aliphatic heterocycles. The highest BCUT2D eigenvalue weighted by Crippen LogP contribution is 2.42. The summed E-state index contributed by atoms with van der Waals surface area (Å²) in [6, 6.07) is 0. The summed E-state index contributed by atoms with van der Waals surface area (Å²) in [6.45, 7) is 7.85. The molecule has 0 amide bonds. The molecule has 6 nitrogen and oxygen atoms in total. The van der Waals surface area contributed by atoms with Crippen LogP contribution in [0.4, 0.5) is 0 Å². The van der Waals surface area contributed by atoms with Gasteiger partial charge in [0.05, 0.1) is 0 Å². The fraction of sp³-hybridized carbons (Fsp3) is 1.00. The van der Waals surface area contributed by atoms with E-state index in [0.29, 0.717) is 29.3 Å². The van der Waals surface area contributed by atoms with Crippen molar-refractivity contribution in [1.82, 2.24) is 0 Å². The van der Waals surface area contributed by atoms with Gasteiger partial charge in [0.2, 0.25) is 0 Å². The minimum absolute atomic E-state index is 0.294. The Balaban J connectivity index is 4.21. The van der Waals surface area contributed by atoms with Crippen LogP contribution in [0.3, 0.4) is 0 Å². The molecule has 0 rings (SSSR count). The summed E-state index contributed by atoms with van der Waals surface area (Å²) in [6.07, 6.45) is 2.03. The number of ether oxygens (including phenoxy) is 4. The summed E-state index contributed by atoms with van der Waals surface area (Å²) in [4.78, 5) is 0.763. The molecule has 0 heterocycles. The maximum absolute atomic E-state index is 5.77. The third-order valence-corrected chi connectivity index (χ3v) is 12.5. The Morgan fingerprint density at radius 2 is 1.04 bits per heavy atom. The highest BCUT2D eigenvalue weighted by atomic mass is 33.5. The molecule has 4 radical (unpaired) electrons. The number of hydrogen-bond acceptors (Lipinski definition) is 9. The van der Waals surface area contributed by atoms with E-state index in [1.54, 1.807) is 52.1 Å². The highest BCUT2D eigenvalue weighted by Gasteiger charge is 2.28. The molecule has 0 spiro atoms. The average molecular weight is 447 g/mol. The minimum atomic E-state index is -0.976. The summed E-state index contributed by atoms with van der Waals surface area (Å²) in [5.74, 6) is -1.95. The van der Waals surface area contributed by atoms with Gasteiger partial charge in [-0.1, -0.05) is 35.4 Å². The first-order valence-electron chi connectivity index (χ1n) is 7.88. The van der Waals surface area contributed by atoms with Gasteiger partial charge in [-0.25, -0.2) is 0 Å². The lowest BCUT2D eigenvalue weighted by Gasteiger charge is -2.28.